The number of carbonyl (C=O) groups is 3. The number of hydrogen-bond donors (Lipinski definition) is 4. The van der Waals surface area contributed by atoms with E-state index in [4.69, 9.17) is 14.2 Å². The van der Waals surface area contributed by atoms with Gasteiger partial charge in [0.1, 0.15) is 11.5 Å². The molecule has 0 aliphatic rings. The number of nitrogens with one attached hydrogen (secondary N) is 3. The van der Waals surface area contributed by atoms with Gasteiger partial charge in [0, 0.05) is 23.0 Å². The van der Waals surface area contributed by atoms with Crippen LogP contribution in [0, 0.1) is 0 Å². The summed E-state index contributed by atoms with van der Waals surface area (Å²) < 4.78 is 16.2. The minimum absolute atomic E-state index is 0.141. The first-order valence-corrected chi connectivity index (χ1v) is 12.5. The number of rotatable bonds is 7. The fraction of sp³-hybridized carbons (Fsp3) is 0.200. The van der Waals surface area contributed by atoms with E-state index in [1.165, 1.54) is 26.5 Å². The standard InChI is InChI=1S/C30H30N4O7/c1-30(2,3)17-14-22(26(39-4)23(15-17)34-29(38)40-5)33-28(37)32-21-10-11-25(20-9-7-6-8-19(20)21)41-18-12-13-31-24(16-18)27(35)36/h6-16H,1-5H3,(H,34,38)(H,35,36)(H2,32,33,37). The van der Waals surface area contributed by atoms with Crippen molar-refractivity contribution < 1.29 is 33.7 Å². The molecule has 0 spiro atoms. The Labute approximate surface area is 236 Å². The monoisotopic (exact) mass is 558 g/mol. The number of methoxy groups -OCH3 is 2. The third kappa shape index (κ3) is 6.64. The quantitative estimate of drug-likeness (QED) is 0.192. The van der Waals surface area contributed by atoms with Crippen molar-refractivity contribution in [3.8, 4) is 17.2 Å². The zero-order chi connectivity index (χ0) is 29.7. The predicted octanol–water partition coefficient (Wildman–Crippen LogP) is 6.85. The third-order valence-electron chi connectivity index (χ3n) is 6.14. The Morgan fingerprint density at radius 1 is 0.829 bits per heavy atom. The largest absolute Gasteiger partial charge is 0.492 e. The SMILES string of the molecule is COC(=O)Nc1cc(C(C)(C)C)cc(NC(=O)Nc2ccc(Oc3ccnc(C(=O)O)c3)c3ccccc23)c1OC. The highest BCUT2D eigenvalue weighted by Crippen LogP contribution is 2.39. The van der Waals surface area contributed by atoms with Gasteiger partial charge >= 0.3 is 18.1 Å². The Hall–Kier alpha value is -5.32. The van der Waals surface area contributed by atoms with Gasteiger partial charge in [-0.15, -0.1) is 0 Å². The number of carboxylic acids is 1. The number of carboxylic acid groups (broad SMARTS) is 1. The molecule has 3 aromatic carbocycles. The minimum Gasteiger partial charge on any atom is -0.492 e. The van der Waals surface area contributed by atoms with E-state index in [0.29, 0.717) is 39.3 Å². The Kier molecular flexibility index (Phi) is 8.27. The zero-order valence-electron chi connectivity index (χ0n) is 23.2. The van der Waals surface area contributed by atoms with Crippen molar-refractivity contribution in [2.45, 2.75) is 26.2 Å². The van der Waals surface area contributed by atoms with E-state index in [1.54, 1.807) is 30.3 Å². The molecule has 4 aromatic rings. The molecule has 0 bridgehead atoms. The number of fused-ring (bicyclic) bond motifs is 1. The molecule has 11 nitrogen and oxygen atoms in total. The van der Waals surface area contributed by atoms with Gasteiger partial charge in [0.15, 0.2) is 11.4 Å². The third-order valence-corrected chi connectivity index (χ3v) is 6.14. The molecule has 0 atom stereocenters. The molecule has 0 unspecified atom stereocenters. The molecule has 1 aromatic heterocycles. The second-order valence-corrected chi connectivity index (χ2v) is 9.99. The summed E-state index contributed by atoms with van der Waals surface area (Å²) in [5, 5.41) is 18.9. The molecular weight excluding hydrogens is 528 g/mol. The second-order valence-electron chi connectivity index (χ2n) is 9.99. The number of pyridine rings is 1. The number of amides is 3. The number of ether oxygens (including phenoxy) is 3. The zero-order valence-corrected chi connectivity index (χ0v) is 23.2. The smallest absolute Gasteiger partial charge is 0.411 e. The topological polar surface area (TPSA) is 148 Å². The normalized spacial score (nSPS) is 11.0. The van der Waals surface area contributed by atoms with E-state index in [0.717, 1.165) is 5.56 Å². The summed E-state index contributed by atoms with van der Waals surface area (Å²) in [7, 11) is 2.69. The van der Waals surface area contributed by atoms with Crippen LogP contribution in [-0.4, -0.2) is 42.4 Å². The van der Waals surface area contributed by atoms with Crippen LogP contribution in [0.25, 0.3) is 10.8 Å². The maximum Gasteiger partial charge on any atom is 0.411 e. The molecule has 4 rings (SSSR count). The number of hydrogen-bond acceptors (Lipinski definition) is 7. The molecule has 1 heterocycles. The van der Waals surface area contributed by atoms with Crippen molar-refractivity contribution in [1.29, 1.82) is 0 Å². The van der Waals surface area contributed by atoms with Gasteiger partial charge in [0.2, 0.25) is 0 Å². The summed E-state index contributed by atoms with van der Waals surface area (Å²) in [5.41, 5.74) is 1.59. The molecule has 0 aliphatic carbocycles. The van der Waals surface area contributed by atoms with Crippen LogP contribution in [0.1, 0.15) is 36.8 Å². The van der Waals surface area contributed by atoms with E-state index < -0.39 is 18.1 Å². The maximum absolute atomic E-state index is 13.2. The van der Waals surface area contributed by atoms with E-state index in [-0.39, 0.29) is 16.9 Å². The highest BCUT2D eigenvalue weighted by molar-refractivity contribution is 6.08. The molecule has 0 saturated heterocycles. The fourth-order valence-electron chi connectivity index (χ4n) is 4.09. The molecule has 41 heavy (non-hydrogen) atoms. The molecule has 11 heteroatoms. The van der Waals surface area contributed by atoms with Crippen LogP contribution in [0.4, 0.5) is 26.7 Å². The summed E-state index contributed by atoms with van der Waals surface area (Å²) in [4.78, 5) is 40.3. The fourth-order valence-corrected chi connectivity index (χ4v) is 4.09. The molecule has 0 saturated carbocycles. The van der Waals surface area contributed by atoms with Crippen LogP contribution in [0.15, 0.2) is 66.9 Å². The number of urea groups is 1. The first kappa shape index (κ1) is 28.7. The first-order valence-electron chi connectivity index (χ1n) is 12.5. The van der Waals surface area contributed by atoms with Crippen molar-refractivity contribution in [2.75, 3.05) is 30.2 Å². The molecular formula is C30H30N4O7. The lowest BCUT2D eigenvalue weighted by atomic mass is 9.86. The number of benzene rings is 3. The molecule has 0 aliphatic heterocycles. The Morgan fingerprint density at radius 3 is 2.12 bits per heavy atom. The summed E-state index contributed by atoms with van der Waals surface area (Å²) >= 11 is 0. The van der Waals surface area contributed by atoms with Gasteiger partial charge in [-0.05, 0) is 41.3 Å². The van der Waals surface area contributed by atoms with Crippen molar-refractivity contribution in [2.24, 2.45) is 0 Å². The summed E-state index contributed by atoms with van der Waals surface area (Å²) in [6.07, 6.45) is 0.681. The van der Waals surface area contributed by atoms with Crippen LogP contribution in [0.5, 0.6) is 17.2 Å². The van der Waals surface area contributed by atoms with Crippen molar-refractivity contribution >= 4 is 45.9 Å². The predicted molar refractivity (Wildman–Crippen MR) is 156 cm³/mol. The van der Waals surface area contributed by atoms with Crippen molar-refractivity contribution in [3.05, 3.63) is 78.1 Å². The number of nitrogens with zero attached hydrogens (tertiary/aromatic N) is 1. The molecule has 4 N–H and O–H groups in total. The van der Waals surface area contributed by atoms with Crippen LogP contribution in [-0.2, 0) is 10.2 Å². The molecule has 0 radical (unpaired) electrons. The van der Waals surface area contributed by atoms with Crippen molar-refractivity contribution in [3.63, 3.8) is 0 Å². The van der Waals surface area contributed by atoms with Crippen LogP contribution in [0.3, 0.4) is 0 Å². The lowest BCUT2D eigenvalue weighted by molar-refractivity contribution is 0.0690. The lowest BCUT2D eigenvalue weighted by Gasteiger charge is -2.24. The molecule has 3 amide bonds. The van der Waals surface area contributed by atoms with Gasteiger partial charge in [0.05, 0.1) is 31.3 Å². The Morgan fingerprint density at radius 2 is 1.49 bits per heavy atom. The summed E-state index contributed by atoms with van der Waals surface area (Å²) in [6, 6.07) is 16.6. The van der Waals surface area contributed by atoms with Gasteiger partial charge in [-0.3, -0.25) is 5.32 Å². The van der Waals surface area contributed by atoms with E-state index in [2.05, 4.69) is 20.9 Å². The molecule has 0 fully saturated rings. The van der Waals surface area contributed by atoms with Crippen molar-refractivity contribution in [1.82, 2.24) is 4.98 Å². The Bertz CT molecular complexity index is 1630. The lowest BCUT2D eigenvalue weighted by Crippen LogP contribution is -2.22. The van der Waals surface area contributed by atoms with Crippen LogP contribution >= 0.6 is 0 Å². The summed E-state index contributed by atoms with van der Waals surface area (Å²) in [5.74, 6) is -0.135. The van der Waals surface area contributed by atoms with Gasteiger partial charge in [-0.25, -0.2) is 19.4 Å². The van der Waals surface area contributed by atoms with E-state index >= 15 is 0 Å². The first-order chi connectivity index (χ1) is 19.5. The second kappa shape index (κ2) is 11.8. The highest BCUT2D eigenvalue weighted by Gasteiger charge is 2.22. The average molecular weight is 559 g/mol. The number of carbonyl (C=O) groups excluding carboxylic acids is 2. The molecule has 212 valence electrons. The van der Waals surface area contributed by atoms with Gasteiger partial charge in [-0.2, -0.15) is 0 Å². The van der Waals surface area contributed by atoms with Gasteiger partial charge < -0.3 is 30.0 Å². The van der Waals surface area contributed by atoms with Crippen LogP contribution in [0.2, 0.25) is 0 Å². The van der Waals surface area contributed by atoms with Gasteiger partial charge in [-0.1, -0.05) is 45.0 Å². The Balaban J connectivity index is 1.64. The maximum atomic E-state index is 13.2. The van der Waals surface area contributed by atoms with Gasteiger partial charge in [0.25, 0.3) is 0 Å². The minimum atomic E-state index is -1.16. The number of aromatic nitrogens is 1. The highest BCUT2D eigenvalue weighted by atomic mass is 16.5. The summed E-state index contributed by atoms with van der Waals surface area (Å²) in [6.45, 7) is 6.01. The van der Waals surface area contributed by atoms with Crippen LogP contribution < -0.4 is 25.4 Å². The average Bonchev–Trinajstić information content (AvgIpc) is 2.93. The number of anilines is 3. The van der Waals surface area contributed by atoms with E-state index in [1.807, 2.05) is 45.0 Å². The van der Waals surface area contributed by atoms with E-state index in [9.17, 15) is 19.5 Å². The number of aromatic carboxylic acids is 1.